The number of carbonyl (C=O) groups is 2. The highest BCUT2D eigenvalue weighted by molar-refractivity contribution is 6.21. The monoisotopic (exact) mass is 477 g/mol. The molecule has 186 valence electrons. The van der Waals surface area contributed by atoms with E-state index in [4.69, 9.17) is 4.74 Å². The predicted octanol–water partition coefficient (Wildman–Crippen LogP) is 1.77. The molecule has 0 unspecified atom stereocenters. The number of imide groups is 1. The van der Waals surface area contributed by atoms with Crippen LogP contribution in [0.1, 0.15) is 44.6 Å². The molecular formula is C29H39N3O3+2. The quantitative estimate of drug-likeness (QED) is 0.383. The minimum atomic E-state index is -0.265. The minimum absolute atomic E-state index is 0.0642. The van der Waals surface area contributed by atoms with Crippen LogP contribution >= 0.6 is 0 Å². The number of amides is 2. The molecule has 0 aromatic heterocycles. The Morgan fingerprint density at radius 3 is 2.40 bits per heavy atom. The predicted molar refractivity (Wildman–Crippen MR) is 139 cm³/mol. The molecule has 0 aliphatic carbocycles. The molecule has 2 aliphatic rings. The van der Waals surface area contributed by atoms with Crippen LogP contribution in [0.5, 0.6) is 5.75 Å². The molecule has 0 spiro atoms. The SMILES string of the molecule is CCCCCCOc1ccc(N2C(=O)C[C@H]([NH+]3CC[NH+](C/C=C/c4ccccc4)CC3)C2=O)cc1. The lowest BCUT2D eigenvalue weighted by molar-refractivity contribution is -1.02. The van der Waals surface area contributed by atoms with Crippen molar-refractivity contribution in [2.24, 2.45) is 0 Å². The fraction of sp³-hybridized carbons (Fsp3) is 0.448. The second-order valence-corrected chi connectivity index (χ2v) is 9.65. The topological polar surface area (TPSA) is 55.5 Å². The minimum Gasteiger partial charge on any atom is -0.494 e. The summed E-state index contributed by atoms with van der Waals surface area (Å²) in [6.07, 6.45) is 9.36. The summed E-state index contributed by atoms with van der Waals surface area (Å²) in [7, 11) is 0. The van der Waals surface area contributed by atoms with Crippen LogP contribution in [0.15, 0.2) is 60.7 Å². The molecule has 6 heteroatoms. The van der Waals surface area contributed by atoms with Gasteiger partial charge in [0.05, 0.1) is 25.3 Å². The summed E-state index contributed by atoms with van der Waals surface area (Å²) in [6.45, 7) is 7.72. The van der Waals surface area contributed by atoms with Gasteiger partial charge in [0.15, 0.2) is 6.04 Å². The van der Waals surface area contributed by atoms with Gasteiger partial charge in [-0.2, -0.15) is 0 Å². The van der Waals surface area contributed by atoms with E-state index in [1.165, 1.54) is 39.5 Å². The molecular weight excluding hydrogens is 438 g/mol. The number of ether oxygens (including phenoxy) is 1. The number of piperazine rings is 1. The van der Waals surface area contributed by atoms with E-state index in [0.717, 1.165) is 44.9 Å². The first-order chi connectivity index (χ1) is 17.2. The summed E-state index contributed by atoms with van der Waals surface area (Å²) in [4.78, 5) is 30.2. The molecule has 35 heavy (non-hydrogen) atoms. The second-order valence-electron chi connectivity index (χ2n) is 9.65. The summed E-state index contributed by atoms with van der Waals surface area (Å²) in [5, 5.41) is 0. The second kappa shape index (κ2) is 12.7. The number of hydrogen-bond acceptors (Lipinski definition) is 3. The fourth-order valence-electron chi connectivity index (χ4n) is 5.04. The summed E-state index contributed by atoms with van der Waals surface area (Å²) < 4.78 is 5.80. The molecule has 0 bridgehead atoms. The lowest BCUT2D eigenvalue weighted by atomic mass is 10.1. The largest absolute Gasteiger partial charge is 0.494 e. The first kappa shape index (κ1) is 25.1. The van der Waals surface area contributed by atoms with E-state index < -0.39 is 0 Å². The molecule has 6 nitrogen and oxygen atoms in total. The molecule has 4 rings (SSSR count). The summed E-state index contributed by atoms with van der Waals surface area (Å²) in [5.74, 6) is 0.624. The van der Waals surface area contributed by atoms with Gasteiger partial charge >= 0.3 is 0 Å². The molecule has 0 saturated carbocycles. The Hall–Kier alpha value is -2.96. The van der Waals surface area contributed by atoms with E-state index in [1.807, 2.05) is 30.3 Å². The molecule has 1 atom stereocenters. The fourth-order valence-corrected chi connectivity index (χ4v) is 5.04. The number of nitrogens with one attached hydrogen (secondary N) is 2. The summed E-state index contributed by atoms with van der Waals surface area (Å²) >= 11 is 0. The maximum atomic E-state index is 13.2. The average molecular weight is 478 g/mol. The molecule has 2 aromatic rings. The Morgan fingerprint density at radius 2 is 1.69 bits per heavy atom. The summed E-state index contributed by atoms with van der Waals surface area (Å²) in [6, 6.07) is 17.5. The number of carbonyl (C=O) groups excluding carboxylic acids is 2. The number of nitrogens with zero attached hydrogens (tertiary/aromatic N) is 1. The van der Waals surface area contributed by atoms with Crippen molar-refractivity contribution in [2.75, 3.05) is 44.2 Å². The van der Waals surface area contributed by atoms with Crippen LogP contribution in [0.4, 0.5) is 5.69 Å². The molecule has 2 heterocycles. The molecule has 2 amide bonds. The number of rotatable bonds is 11. The number of hydrogen-bond donors (Lipinski definition) is 2. The molecule has 0 radical (unpaired) electrons. The van der Waals surface area contributed by atoms with Crippen molar-refractivity contribution in [3.8, 4) is 5.75 Å². The molecule has 2 aliphatic heterocycles. The van der Waals surface area contributed by atoms with Crippen molar-refractivity contribution in [3.63, 3.8) is 0 Å². The van der Waals surface area contributed by atoms with Crippen LogP contribution in [0.2, 0.25) is 0 Å². The Balaban J connectivity index is 1.25. The van der Waals surface area contributed by atoms with Gasteiger partial charge in [0.1, 0.15) is 31.9 Å². The van der Waals surface area contributed by atoms with E-state index in [1.54, 1.807) is 0 Å². The van der Waals surface area contributed by atoms with Gasteiger partial charge in [0.25, 0.3) is 5.91 Å². The normalized spacial score (nSPS) is 22.8. The summed E-state index contributed by atoms with van der Waals surface area (Å²) in [5.41, 5.74) is 1.87. The van der Waals surface area contributed by atoms with Gasteiger partial charge in [-0.3, -0.25) is 9.59 Å². The molecule has 2 N–H and O–H groups in total. The maximum absolute atomic E-state index is 13.2. The number of benzene rings is 2. The third-order valence-electron chi connectivity index (χ3n) is 7.12. The van der Waals surface area contributed by atoms with Crippen molar-refractivity contribution in [2.45, 2.75) is 45.1 Å². The molecule has 2 saturated heterocycles. The Bertz CT molecular complexity index is 982. The van der Waals surface area contributed by atoms with Crippen molar-refractivity contribution >= 4 is 23.6 Å². The average Bonchev–Trinajstić information content (AvgIpc) is 3.19. The number of anilines is 1. The van der Waals surface area contributed by atoms with Crippen LogP contribution in [-0.4, -0.2) is 57.2 Å². The van der Waals surface area contributed by atoms with Crippen LogP contribution in [0, 0.1) is 0 Å². The third-order valence-corrected chi connectivity index (χ3v) is 7.12. The van der Waals surface area contributed by atoms with Crippen molar-refractivity contribution in [3.05, 3.63) is 66.2 Å². The smallest absolute Gasteiger partial charge is 0.292 e. The van der Waals surface area contributed by atoms with E-state index in [2.05, 4.69) is 43.3 Å². The van der Waals surface area contributed by atoms with Crippen LogP contribution in [0.3, 0.4) is 0 Å². The van der Waals surface area contributed by atoms with Crippen molar-refractivity contribution < 1.29 is 24.1 Å². The van der Waals surface area contributed by atoms with Crippen molar-refractivity contribution in [1.29, 1.82) is 0 Å². The zero-order valence-electron chi connectivity index (χ0n) is 20.9. The Morgan fingerprint density at radius 1 is 0.943 bits per heavy atom. The van der Waals surface area contributed by atoms with E-state index in [0.29, 0.717) is 18.7 Å². The van der Waals surface area contributed by atoms with Crippen LogP contribution in [0.25, 0.3) is 6.08 Å². The highest BCUT2D eigenvalue weighted by Gasteiger charge is 2.46. The first-order valence-corrected chi connectivity index (χ1v) is 13.1. The lowest BCUT2D eigenvalue weighted by Gasteiger charge is -2.31. The van der Waals surface area contributed by atoms with Gasteiger partial charge in [0, 0.05) is 0 Å². The van der Waals surface area contributed by atoms with Crippen LogP contribution in [-0.2, 0) is 9.59 Å². The highest BCUT2D eigenvalue weighted by Crippen LogP contribution is 2.24. The first-order valence-electron chi connectivity index (χ1n) is 13.1. The highest BCUT2D eigenvalue weighted by atomic mass is 16.5. The van der Waals surface area contributed by atoms with Crippen molar-refractivity contribution in [1.82, 2.24) is 0 Å². The van der Waals surface area contributed by atoms with E-state index in [9.17, 15) is 9.59 Å². The van der Waals surface area contributed by atoms with Gasteiger partial charge in [0.2, 0.25) is 5.91 Å². The maximum Gasteiger partial charge on any atom is 0.292 e. The zero-order valence-corrected chi connectivity index (χ0v) is 20.9. The molecule has 2 aromatic carbocycles. The van der Waals surface area contributed by atoms with Gasteiger partial charge in [-0.05, 0) is 42.3 Å². The van der Waals surface area contributed by atoms with E-state index in [-0.39, 0.29) is 17.9 Å². The van der Waals surface area contributed by atoms with E-state index >= 15 is 0 Å². The zero-order chi connectivity index (χ0) is 24.5. The lowest BCUT2D eigenvalue weighted by Crippen LogP contribution is -3.30. The van der Waals surface area contributed by atoms with Gasteiger partial charge in [-0.25, -0.2) is 4.90 Å². The number of quaternary nitrogens is 2. The third kappa shape index (κ3) is 6.80. The van der Waals surface area contributed by atoms with Crippen LogP contribution < -0.4 is 19.4 Å². The Labute approximate surface area is 209 Å². The number of unbranched alkanes of at least 4 members (excludes halogenated alkanes) is 3. The van der Waals surface area contributed by atoms with Gasteiger partial charge in [-0.1, -0.05) is 62.6 Å². The standard InChI is InChI=1S/C29H37N3O3/c1-2-3-4-8-22-35-26-15-13-25(14-16-26)32-28(33)23-27(29(32)34)31-20-18-30(19-21-31)17-9-12-24-10-6-5-7-11-24/h5-7,9-16,27H,2-4,8,17-23H2,1H3/p+2/b12-9+/t27-/m0/s1. The van der Waals surface area contributed by atoms with Gasteiger partial charge in [-0.15, -0.1) is 0 Å². The Kier molecular flexibility index (Phi) is 9.09. The van der Waals surface area contributed by atoms with Gasteiger partial charge < -0.3 is 14.5 Å². The molecule has 2 fully saturated rings.